The molecule has 1 atom stereocenters. The highest BCUT2D eigenvalue weighted by Gasteiger charge is 2.19. The van der Waals surface area contributed by atoms with Crippen molar-refractivity contribution in [1.82, 2.24) is 10.3 Å². The van der Waals surface area contributed by atoms with Crippen molar-refractivity contribution in [2.45, 2.75) is 13.3 Å². The van der Waals surface area contributed by atoms with Crippen LogP contribution in [0.2, 0.25) is 0 Å². The van der Waals surface area contributed by atoms with Gasteiger partial charge in [-0.3, -0.25) is 14.9 Å². The number of non-ortho nitro benzene ring substituents is 1. The molecule has 0 aliphatic heterocycles. The molecule has 2 rings (SSSR count). The predicted molar refractivity (Wildman–Crippen MR) is 68.4 cm³/mol. The van der Waals surface area contributed by atoms with Gasteiger partial charge in [-0.15, -0.1) is 0 Å². The molecule has 1 heterocycles. The number of nitrogens with one attached hydrogen (secondary N) is 1. The molecule has 0 aliphatic rings. The van der Waals surface area contributed by atoms with Gasteiger partial charge in [0, 0.05) is 19.0 Å². The highest BCUT2D eigenvalue weighted by Crippen LogP contribution is 2.28. The van der Waals surface area contributed by atoms with E-state index < -0.39 is 10.9 Å². The van der Waals surface area contributed by atoms with Crippen molar-refractivity contribution in [1.29, 1.82) is 0 Å². The molecule has 0 saturated carbocycles. The molecule has 9 heteroatoms. The van der Waals surface area contributed by atoms with Gasteiger partial charge in [0.05, 0.1) is 10.6 Å². The summed E-state index contributed by atoms with van der Waals surface area (Å²) in [5.74, 6) is -0.978. The molecular weight excluding hydrogens is 268 g/mol. The molecule has 1 aromatic carbocycles. The maximum Gasteiger partial charge on any atom is 0.303 e. The van der Waals surface area contributed by atoms with Crippen LogP contribution in [0.15, 0.2) is 16.8 Å². The Labute approximate surface area is 112 Å². The minimum atomic E-state index is -0.878. The molecule has 1 aromatic heterocycles. The number of nitro groups is 1. The third kappa shape index (κ3) is 2.82. The summed E-state index contributed by atoms with van der Waals surface area (Å²) in [6.45, 7) is 2.18. The van der Waals surface area contributed by atoms with E-state index in [1.165, 1.54) is 12.1 Å². The molecule has 0 aliphatic carbocycles. The topological polar surface area (TPSA) is 131 Å². The van der Waals surface area contributed by atoms with Crippen LogP contribution in [-0.4, -0.2) is 32.9 Å². The fourth-order valence-corrected chi connectivity index (χ4v) is 1.80. The number of carbonyl (C=O) groups is 1. The van der Waals surface area contributed by atoms with Gasteiger partial charge in [0.2, 0.25) is 5.52 Å². The van der Waals surface area contributed by atoms with Gasteiger partial charge in [-0.05, 0) is 22.3 Å². The van der Waals surface area contributed by atoms with Crippen LogP contribution in [0.4, 0.5) is 11.4 Å². The summed E-state index contributed by atoms with van der Waals surface area (Å²) < 4.78 is 4.53. The molecule has 0 fully saturated rings. The van der Waals surface area contributed by atoms with Crippen molar-refractivity contribution in [2.75, 3.05) is 11.9 Å². The third-order valence-corrected chi connectivity index (χ3v) is 2.75. The maximum atomic E-state index is 10.8. The summed E-state index contributed by atoms with van der Waals surface area (Å²) in [4.78, 5) is 20.8. The molecule has 1 unspecified atom stereocenters. The third-order valence-electron chi connectivity index (χ3n) is 2.75. The second kappa shape index (κ2) is 5.51. The highest BCUT2D eigenvalue weighted by atomic mass is 16.6. The Bertz CT molecular complexity index is 653. The second-order valence-corrected chi connectivity index (χ2v) is 4.43. The lowest BCUT2D eigenvalue weighted by molar-refractivity contribution is -0.383. The first-order chi connectivity index (χ1) is 9.49. The predicted octanol–water partition coefficient (Wildman–Crippen LogP) is 1.65. The van der Waals surface area contributed by atoms with Gasteiger partial charge in [-0.2, -0.15) is 0 Å². The van der Waals surface area contributed by atoms with Gasteiger partial charge >= 0.3 is 11.7 Å². The molecule has 2 N–H and O–H groups in total. The number of aromatic nitrogens is 2. The molecule has 106 valence electrons. The minimum Gasteiger partial charge on any atom is -0.481 e. The summed E-state index contributed by atoms with van der Waals surface area (Å²) >= 11 is 0. The lowest BCUT2D eigenvalue weighted by Gasteiger charge is -2.11. The summed E-state index contributed by atoms with van der Waals surface area (Å²) in [7, 11) is 0. The number of fused-ring (bicyclic) bond motifs is 1. The average Bonchev–Trinajstić information content (AvgIpc) is 2.83. The second-order valence-electron chi connectivity index (χ2n) is 4.43. The summed E-state index contributed by atoms with van der Waals surface area (Å²) in [5, 5.41) is 29.6. The monoisotopic (exact) mass is 280 g/mol. The number of anilines is 1. The highest BCUT2D eigenvalue weighted by molar-refractivity contribution is 5.93. The van der Waals surface area contributed by atoms with Crippen LogP contribution in [-0.2, 0) is 4.79 Å². The van der Waals surface area contributed by atoms with E-state index in [-0.39, 0.29) is 29.1 Å². The number of hydrogen-bond donors (Lipinski definition) is 2. The zero-order chi connectivity index (χ0) is 14.7. The van der Waals surface area contributed by atoms with Crippen LogP contribution < -0.4 is 5.32 Å². The van der Waals surface area contributed by atoms with Crippen LogP contribution in [0.25, 0.3) is 11.0 Å². The summed E-state index contributed by atoms with van der Waals surface area (Å²) in [6, 6.07) is 2.80. The van der Waals surface area contributed by atoms with Crippen molar-refractivity contribution in [3.05, 3.63) is 22.2 Å². The molecule has 0 saturated heterocycles. The standard InChI is InChI=1S/C11H12N4O5/c1-6(4-9(16)17)5-12-7-2-3-8(15(18)19)11-10(7)13-20-14-11/h2-3,6,12H,4-5H2,1H3,(H,16,17). The van der Waals surface area contributed by atoms with Gasteiger partial charge in [-0.1, -0.05) is 6.92 Å². The Morgan fingerprint density at radius 1 is 1.50 bits per heavy atom. The number of carboxylic acid groups (broad SMARTS) is 1. The molecule has 0 radical (unpaired) electrons. The molecule has 2 aromatic rings. The van der Waals surface area contributed by atoms with Crippen LogP contribution >= 0.6 is 0 Å². The Morgan fingerprint density at radius 3 is 2.85 bits per heavy atom. The molecule has 0 bridgehead atoms. The normalized spacial score (nSPS) is 12.2. The number of hydrogen-bond acceptors (Lipinski definition) is 7. The van der Waals surface area contributed by atoms with Crippen molar-refractivity contribution in [3.8, 4) is 0 Å². The smallest absolute Gasteiger partial charge is 0.303 e. The van der Waals surface area contributed by atoms with Gasteiger partial charge in [0.25, 0.3) is 0 Å². The Morgan fingerprint density at radius 2 is 2.20 bits per heavy atom. The van der Waals surface area contributed by atoms with Crippen LogP contribution in [0.1, 0.15) is 13.3 Å². The van der Waals surface area contributed by atoms with Crippen LogP contribution in [0.5, 0.6) is 0 Å². The molecule has 0 spiro atoms. The Kier molecular flexibility index (Phi) is 3.78. The van der Waals surface area contributed by atoms with E-state index in [2.05, 4.69) is 20.3 Å². The van der Waals surface area contributed by atoms with Crippen molar-refractivity contribution >= 4 is 28.4 Å². The van der Waals surface area contributed by atoms with E-state index in [0.717, 1.165) is 0 Å². The number of benzene rings is 1. The number of nitrogens with zero attached hydrogens (tertiary/aromatic N) is 3. The zero-order valence-electron chi connectivity index (χ0n) is 10.6. The first-order valence-electron chi connectivity index (χ1n) is 5.84. The Balaban J connectivity index is 2.19. The first kappa shape index (κ1) is 13.7. The van der Waals surface area contributed by atoms with E-state index in [1.807, 2.05) is 0 Å². The first-order valence-corrected chi connectivity index (χ1v) is 5.84. The quantitative estimate of drug-likeness (QED) is 0.603. The lowest BCUT2D eigenvalue weighted by atomic mass is 10.1. The molecule has 9 nitrogen and oxygen atoms in total. The van der Waals surface area contributed by atoms with E-state index in [0.29, 0.717) is 12.2 Å². The number of nitro benzene ring substituents is 1. The number of carboxylic acids is 1. The van der Waals surface area contributed by atoms with Crippen LogP contribution in [0.3, 0.4) is 0 Å². The number of aliphatic carboxylic acids is 1. The fourth-order valence-electron chi connectivity index (χ4n) is 1.80. The van der Waals surface area contributed by atoms with Gasteiger partial charge < -0.3 is 10.4 Å². The average molecular weight is 280 g/mol. The molecule has 0 amide bonds. The fraction of sp³-hybridized carbons (Fsp3) is 0.364. The Hall–Kier alpha value is -2.71. The number of rotatable bonds is 6. The van der Waals surface area contributed by atoms with Crippen molar-refractivity contribution < 1.29 is 19.5 Å². The zero-order valence-corrected chi connectivity index (χ0v) is 10.6. The largest absolute Gasteiger partial charge is 0.481 e. The van der Waals surface area contributed by atoms with Gasteiger partial charge in [0.15, 0.2) is 5.52 Å². The molecular formula is C11H12N4O5. The van der Waals surface area contributed by atoms with Crippen LogP contribution in [0, 0.1) is 16.0 Å². The SMILES string of the molecule is CC(CNc1ccc([N+](=O)[O-])c2nonc12)CC(=O)O. The van der Waals surface area contributed by atoms with E-state index in [1.54, 1.807) is 6.92 Å². The lowest BCUT2D eigenvalue weighted by Crippen LogP contribution is -2.15. The summed E-state index contributed by atoms with van der Waals surface area (Å²) in [5.41, 5.74) is 0.641. The van der Waals surface area contributed by atoms with E-state index >= 15 is 0 Å². The van der Waals surface area contributed by atoms with Crippen molar-refractivity contribution in [2.24, 2.45) is 5.92 Å². The van der Waals surface area contributed by atoms with E-state index in [4.69, 9.17) is 5.11 Å². The maximum absolute atomic E-state index is 10.8. The van der Waals surface area contributed by atoms with Crippen molar-refractivity contribution in [3.63, 3.8) is 0 Å². The summed E-state index contributed by atoms with van der Waals surface area (Å²) in [6.07, 6.45) is 0.0280. The minimum absolute atomic E-state index is 0.0280. The van der Waals surface area contributed by atoms with Gasteiger partial charge in [0.1, 0.15) is 0 Å². The molecule has 20 heavy (non-hydrogen) atoms. The van der Waals surface area contributed by atoms with Gasteiger partial charge in [-0.25, -0.2) is 4.63 Å². The van der Waals surface area contributed by atoms with E-state index in [9.17, 15) is 14.9 Å².